The number of imidazole rings is 1. The Hall–Kier alpha value is -1.52. The summed E-state index contributed by atoms with van der Waals surface area (Å²) in [5, 5.41) is 6.84. The van der Waals surface area contributed by atoms with Gasteiger partial charge in [-0.05, 0) is 12.8 Å². The maximum Gasteiger partial charge on any atom is 0.191 e. The van der Waals surface area contributed by atoms with Crippen LogP contribution in [-0.4, -0.2) is 35.1 Å². The van der Waals surface area contributed by atoms with Crippen molar-refractivity contribution in [2.45, 2.75) is 44.7 Å². The molecule has 0 amide bonds. The Bertz CT molecular complexity index is 351. The van der Waals surface area contributed by atoms with Gasteiger partial charge in [0, 0.05) is 38.6 Å². The maximum absolute atomic E-state index is 4.27. The summed E-state index contributed by atoms with van der Waals surface area (Å²) in [6, 6.07) is 0.596. The number of hydrogen-bond donors (Lipinski definition) is 2. The summed E-state index contributed by atoms with van der Waals surface area (Å²) >= 11 is 0. The zero-order valence-electron chi connectivity index (χ0n) is 11.1. The van der Waals surface area contributed by atoms with Crippen LogP contribution in [0.1, 0.15) is 32.1 Å². The van der Waals surface area contributed by atoms with E-state index in [0.29, 0.717) is 6.04 Å². The summed E-state index contributed by atoms with van der Waals surface area (Å²) < 4.78 is 2.06. The largest absolute Gasteiger partial charge is 0.355 e. The molecule has 1 heterocycles. The minimum atomic E-state index is 0.596. The third-order valence-corrected chi connectivity index (χ3v) is 3.39. The molecule has 1 aliphatic carbocycles. The summed E-state index contributed by atoms with van der Waals surface area (Å²) in [4.78, 5) is 8.29. The zero-order chi connectivity index (χ0) is 12.6. The van der Waals surface area contributed by atoms with Crippen LogP contribution in [0.4, 0.5) is 0 Å². The van der Waals surface area contributed by atoms with Gasteiger partial charge in [0.05, 0.1) is 6.33 Å². The number of aliphatic imine (C=N–C) groups is 1. The predicted octanol–water partition coefficient (Wildman–Crippen LogP) is 1.38. The zero-order valence-corrected chi connectivity index (χ0v) is 11.1. The van der Waals surface area contributed by atoms with Gasteiger partial charge in [-0.3, -0.25) is 4.99 Å². The van der Waals surface area contributed by atoms with E-state index in [2.05, 4.69) is 25.2 Å². The van der Waals surface area contributed by atoms with E-state index in [0.717, 1.165) is 19.0 Å². The SMILES string of the molecule is CN=C(NCCn1ccnc1)NC1CCCCC1. The molecule has 18 heavy (non-hydrogen) atoms. The first-order valence-corrected chi connectivity index (χ1v) is 6.81. The van der Waals surface area contributed by atoms with Gasteiger partial charge in [-0.1, -0.05) is 19.3 Å². The number of nitrogens with one attached hydrogen (secondary N) is 2. The third kappa shape index (κ3) is 4.05. The smallest absolute Gasteiger partial charge is 0.191 e. The Morgan fingerprint density at radius 3 is 2.89 bits per heavy atom. The van der Waals surface area contributed by atoms with Gasteiger partial charge in [0.1, 0.15) is 0 Å². The third-order valence-electron chi connectivity index (χ3n) is 3.39. The van der Waals surface area contributed by atoms with Gasteiger partial charge in [0.25, 0.3) is 0 Å². The van der Waals surface area contributed by atoms with Crippen molar-refractivity contribution in [1.82, 2.24) is 20.2 Å². The molecular weight excluding hydrogens is 226 g/mol. The van der Waals surface area contributed by atoms with Gasteiger partial charge in [-0.25, -0.2) is 4.98 Å². The number of aromatic nitrogens is 2. The molecule has 0 saturated heterocycles. The van der Waals surface area contributed by atoms with Crippen molar-refractivity contribution in [3.05, 3.63) is 18.7 Å². The van der Waals surface area contributed by atoms with Crippen molar-refractivity contribution in [3.8, 4) is 0 Å². The van der Waals surface area contributed by atoms with Crippen molar-refractivity contribution < 1.29 is 0 Å². The molecule has 1 aromatic rings. The molecule has 0 spiro atoms. The van der Waals surface area contributed by atoms with Crippen LogP contribution in [0.25, 0.3) is 0 Å². The van der Waals surface area contributed by atoms with Gasteiger partial charge in [0.2, 0.25) is 0 Å². The minimum Gasteiger partial charge on any atom is -0.355 e. The first-order chi connectivity index (χ1) is 8.88. The summed E-state index contributed by atoms with van der Waals surface area (Å²) in [5.41, 5.74) is 0. The second-order valence-electron chi connectivity index (χ2n) is 4.78. The van der Waals surface area contributed by atoms with Gasteiger partial charge < -0.3 is 15.2 Å². The van der Waals surface area contributed by atoms with Crippen LogP contribution in [0.15, 0.2) is 23.7 Å². The number of nitrogens with zero attached hydrogens (tertiary/aromatic N) is 3. The van der Waals surface area contributed by atoms with Crippen molar-refractivity contribution in [2.24, 2.45) is 4.99 Å². The molecule has 1 aromatic heterocycles. The van der Waals surface area contributed by atoms with E-state index in [1.807, 2.05) is 19.6 Å². The Morgan fingerprint density at radius 2 is 2.22 bits per heavy atom. The van der Waals surface area contributed by atoms with Crippen LogP contribution in [0.2, 0.25) is 0 Å². The first-order valence-electron chi connectivity index (χ1n) is 6.81. The Balaban J connectivity index is 1.68. The molecule has 1 aliphatic rings. The van der Waals surface area contributed by atoms with Crippen LogP contribution in [0, 0.1) is 0 Å². The van der Waals surface area contributed by atoms with Crippen LogP contribution >= 0.6 is 0 Å². The lowest BCUT2D eigenvalue weighted by Crippen LogP contribution is -2.44. The van der Waals surface area contributed by atoms with Crippen molar-refractivity contribution >= 4 is 5.96 Å². The van der Waals surface area contributed by atoms with E-state index in [-0.39, 0.29) is 0 Å². The number of guanidine groups is 1. The summed E-state index contributed by atoms with van der Waals surface area (Å²) in [7, 11) is 1.83. The van der Waals surface area contributed by atoms with Crippen molar-refractivity contribution in [3.63, 3.8) is 0 Å². The fourth-order valence-electron chi connectivity index (χ4n) is 2.36. The summed E-state index contributed by atoms with van der Waals surface area (Å²) in [6.45, 7) is 1.77. The van der Waals surface area contributed by atoms with Crippen LogP contribution in [-0.2, 0) is 6.54 Å². The Morgan fingerprint density at radius 1 is 1.39 bits per heavy atom. The quantitative estimate of drug-likeness (QED) is 0.626. The van der Waals surface area contributed by atoms with Crippen molar-refractivity contribution in [2.75, 3.05) is 13.6 Å². The molecular formula is C13H23N5. The highest BCUT2D eigenvalue weighted by Crippen LogP contribution is 2.17. The predicted molar refractivity (Wildman–Crippen MR) is 73.6 cm³/mol. The van der Waals surface area contributed by atoms with E-state index >= 15 is 0 Å². The van der Waals surface area contributed by atoms with Crippen molar-refractivity contribution in [1.29, 1.82) is 0 Å². The second kappa shape index (κ2) is 7.03. The van der Waals surface area contributed by atoms with Crippen LogP contribution in [0.5, 0.6) is 0 Å². The first kappa shape index (κ1) is 12.9. The lowest BCUT2D eigenvalue weighted by atomic mass is 9.96. The molecule has 5 nitrogen and oxygen atoms in total. The molecule has 2 rings (SSSR count). The molecule has 1 fully saturated rings. The van der Waals surface area contributed by atoms with E-state index in [1.54, 1.807) is 6.20 Å². The average Bonchev–Trinajstić information content (AvgIpc) is 2.92. The highest BCUT2D eigenvalue weighted by Gasteiger charge is 2.13. The maximum atomic E-state index is 4.27. The van der Waals surface area contributed by atoms with Crippen LogP contribution in [0.3, 0.4) is 0 Å². The Kier molecular flexibility index (Phi) is 5.05. The monoisotopic (exact) mass is 249 g/mol. The van der Waals surface area contributed by atoms with E-state index in [9.17, 15) is 0 Å². The molecule has 0 aromatic carbocycles. The van der Waals surface area contributed by atoms with E-state index in [1.165, 1.54) is 32.1 Å². The van der Waals surface area contributed by atoms with Gasteiger partial charge in [-0.15, -0.1) is 0 Å². The molecule has 5 heteroatoms. The fraction of sp³-hybridized carbons (Fsp3) is 0.692. The fourth-order valence-corrected chi connectivity index (χ4v) is 2.36. The number of rotatable bonds is 4. The van der Waals surface area contributed by atoms with E-state index < -0.39 is 0 Å². The lowest BCUT2D eigenvalue weighted by Gasteiger charge is -2.24. The molecule has 0 radical (unpaired) electrons. The number of hydrogen-bond acceptors (Lipinski definition) is 2. The molecule has 100 valence electrons. The van der Waals surface area contributed by atoms with Gasteiger partial charge in [0.15, 0.2) is 5.96 Å². The highest BCUT2D eigenvalue weighted by atomic mass is 15.2. The summed E-state index contributed by atoms with van der Waals surface area (Å²) in [5.74, 6) is 0.919. The van der Waals surface area contributed by atoms with E-state index in [4.69, 9.17) is 0 Å². The lowest BCUT2D eigenvalue weighted by molar-refractivity contribution is 0.409. The molecule has 0 bridgehead atoms. The van der Waals surface area contributed by atoms with Gasteiger partial charge >= 0.3 is 0 Å². The molecule has 0 atom stereocenters. The molecule has 1 saturated carbocycles. The van der Waals surface area contributed by atoms with Crippen LogP contribution < -0.4 is 10.6 Å². The molecule has 2 N–H and O–H groups in total. The standard InChI is InChI=1S/C13H23N5/c1-14-13(17-12-5-3-2-4-6-12)16-8-10-18-9-7-15-11-18/h7,9,11-12H,2-6,8,10H2,1H3,(H2,14,16,17). The average molecular weight is 249 g/mol. The second-order valence-corrected chi connectivity index (χ2v) is 4.78. The normalized spacial score (nSPS) is 17.7. The topological polar surface area (TPSA) is 54.2 Å². The van der Waals surface area contributed by atoms with Gasteiger partial charge in [-0.2, -0.15) is 0 Å². The molecule has 0 unspecified atom stereocenters. The minimum absolute atomic E-state index is 0.596. The summed E-state index contributed by atoms with van der Waals surface area (Å²) in [6.07, 6.45) is 12.2. The highest BCUT2D eigenvalue weighted by molar-refractivity contribution is 5.79. The Labute approximate surface area is 109 Å². The molecule has 0 aliphatic heterocycles.